The number of ether oxygens (including phenoxy) is 1. The number of anilines is 1. The van der Waals surface area contributed by atoms with Crippen LogP contribution < -0.4 is 15.4 Å². The first-order valence-corrected chi connectivity index (χ1v) is 13.8. The number of benzene rings is 4. The maximum absolute atomic E-state index is 13.6. The molecule has 194 valence electrons. The SMILES string of the molecule is C[C@H](NC(=O)COc1ccc([C@@H]2Nc3ccccc3S(=O)(=O)N2Cc2ccccc2)cc1)c1ccccc1. The van der Waals surface area contributed by atoms with Crippen LogP contribution in [0, 0.1) is 0 Å². The zero-order valence-electron chi connectivity index (χ0n) is 20.9. The fraction of sp³-hybridized carbons (Fsp3) is 0.167. The summed E-state index contributed by atoms with van der Waals surface area (Å²) in [5.41, 5.74) is 3.22. The zero-order valence-corrected chi connectivity index (χ0v) is 21.8. The summed E-state index contributed by atoms with van der Waals surface area (Å²) in [5, 5.41) is 6.32. The van der Waals surface area contributed by atoms with Gasteiger partial charge in [-0.1, -0.05) is 84.9 Å². The molecule has 0 saturated heterocycles. The molecule has 0 radical (unpaired) electrons. The summed E-state index contributed by atoms with van der Waals surface area (Å²) in [5.74, 6) is 0.293. The average molecular weight is 528 g/mol. The molecule has 5 rings (SSSR count). The van der Waals surface area contributed by atoms with Crippen LogP contribution in [0.3, 0.4) is 0 Å². The summed E-state index contributed by atoms with van der Waals surface area (Å²) < 4.78 is 34.5. The maximum atomic E-state index is 13.6. The van der Waals surface area contributed by atoms with Crippen LogP contribution in [0.1, 0.15) is 35.8 Å². The van der Waals surface area contributed by atoms with E-state index in [1.807, 2.05) is 85.8 Å². The molecule has 4 aromatic rings. The Labute approximate surface area is 223 Å². The smallest absolute Gasteiger partial charge is 0.258 e. The van der Waals surface area contributed by atoms with Crippen molar-refractivity contribution < 1.29 is 17.9 Å². The predicted octanol–water partition coefficient (Wildman–Crippen LogP) is 5.26. The van der Waals surface area contributed by atoms with E-state index in [0.717, 1.165) is 16.7 Å². The molecule has 0 bridgehead atoms. The highest BCUT2D eigenvalue weighted by atomic mass is 32.2. The second-order valence-electron chi connectivity index (χ2n) is 9.14. The number of hydrogen-bond acceptors (Lipinski definition) is 5. The van der Waals surface area contributed by atoms with Gasteiger partial charge in [-0.05, 0) is 47.9 Å². The molecule has 0 fully saturated rings. The Morgan fingerprint density at radius 2 is 1.53 bits per heavy atom. The molecule has 2 N–H and O–H groups in total. The van der Waals surface area contributed by atoms with E-state index in [1.165, 1.54) is 4.31 Å². The molecule has 1 heterocycles. The van der Waals surface area contributed by atoms with E-state index in [2.05, 4.69) is 10.6 Å². The molecule has 0 aliphatic carbocycles. The molecule has 8 heteroatoms. The highest BCUT2D eigenvalue weighted by molar-refractivity contribution is 7.89. The van der Waals surface area contributed by atoms with E-state index in [-0.39, 0.29) is 30.0 Å². The molecule has 0 unspecified atom stereocenters. The highest BCUT2D eigenvalue weighted by Gasteiger charge is 2.38. The number of carbonyl (C=O) groups is 1. The molecule has 2 atom stereocenters. The number of sulfonamides is 1. The molecule has 1 amide bonds. The first-order valence-electron chi connectivity index (χ1n) is 12.4. The Hall–Kier alpha value is -4.14. The van der Waals surface area contributed by atoms with Crippen LogP contribution in [-0.4, -0.2) is 25.2 Å². The molecule has 0 saturated carbocycles. The van der Waals surface area contributed by atoms with Crippen LogP contribution in [0.5, 0.6) is 5.75 Å². The lowest BCUT2D eigenvalue weighted by molar-refractivity contribution is -0.123. The minimum atomic E-state index is -3.76. The van der Waals surface area contributed by atoms with Crippen molar-refractivity contribution >= 4 is 21.6 Å². The molecule has 1 aliphatic heterocycles. The van der Waals surface area contributed by atoms with Gasteiger partial charge in [0.25, 0.3) is 5.91 Å². The fourth-order valence-corrected chi connectivity index (χ4v) is 6.17. The lowest BCUT2D eigenvalue weighted by Gasteiger charge is -2.37. The van der Waals surface area contributed by atoms with Crippen molar-refractivity contribution in [2.75, 3.05) is 11.9 Å². The van der Waals surface area contributed by atoms with Crippen molar-refractivity contribution in [2.24, 2.45) is 0 Å². The van der Waals surface area contributed by atoms with Crippen molar-refractivity contribution in [3.05, 3.63) is 126 Å². The van der Waals surface area contributed by atoms with E-state index in [4.69, 9.17) is 4.74 Å². The number of rotatable bonds is 8. The molecule has 1 aliphatic rings. The van der Waals surface area contributed by atoms with Gasteiger partial charge in [-0.3, -0.25) is 4.79 Å². The average Bonchev–Trinajstić information content (AvgIpc) is 2.95. The molecular formula is C30H29N3O4S. The first kappa shape index (κ1) is 25.5. The normalized spacial score (nSPS) is 17.0. The Morgan fingerprint density at radius 1 is 0.895 bits per heavy atom. The van der Waals surface area contributed by atoms with Crippen LogP contribution in [0.15, 0.2) is 114 Å². The summed E-state index contributed by atoms with van der Waals surface area (Å²) in [7, 11) is -3.76. The Balaban J connectivity index is 1.31. The second kappa shape index (κ2) is 11.1. The quantitative estimate of drug-likeness (QED) is 0.327. The summed E-state index contributed by atoms with van der Waals surface area (Å²) in [6.45, 7) is 2.01. The maximum Gasteiger partial charge on any atom is 0.258 e. The first-order chi connectivity index (χ1) is 18.4. The number of nitrogens with one attached hydrogen (secondary N) is 2. The van der Waals surface area contributed by atoms with Gasteiger partial charge in [0.1, 0.15) is 16.8 Å². The Kier molecular flexibility index (Phi) is 7.44. The summed E-state index contributed by atoms with van der Waals surface area (Å²) in [6.07, 6.45) is -0.612. The Bertz CT molecular complexity index is 1490. The predicted molar refractivity (Wildman–Crippen MR) is 147 cm³/mol. The molecule has 38 heavy (non-hydrogen) atoms. The highest BCUT2D eigenvalue weighted by Crippen LogP contribution is 2.39. The van der Waals surface area contributed by atoms with Crippen molar-refractivity contribution in [3.8, 4) is 5.75 Å². The van der Waals surface area contributed by atoms with E-state index in [1.54, 1.807) is 30.3 Å². The van der Waals surface area contributed by atoms with Gasteiger partial charge in [-0.2, -0.15) is 4.31 Å². The van der Waals surface area contributed by atoms with E-state index in [9.17, 15) is 13.2 Å². The van der Waals surface area contributed by atoms with Gasteiger partial charge in [0.2, 0.25) is 10.0 Å². The van der Waals surface area contributed by atoms with Crippen molar-refractivity contribution in [3.63, 3.8) is 0 Å². The van der Waals surface area contributed by atoms with Gasteiger partial charge >= 0.3 is 0 Å². The molecule has 0 spiro atoms. The van der Waals surface area contributed by atoms with Crippen LogP contribution in [-0.2, 0) is 21.4 Å². The summed E-state index contributed by atoms with van der Waals surface area (Å²) in [6, 6.07) is 33.2. The summed E-state index contributed by atoms with van der Waals surface area (Å²) >= 11 is 0. The topological polar surface area (TPSA) is 87.7 Å². The van der Waals surface area contributed by atoms with Crippen molar-refractivity contribution in [2.45, 2.75) is 30.6 Å². The summed E-state index contributed by atoms with van der Waals surface area (Å²) in [4.78, 5) is 12.7. The monoisotopic (exact) mass is 527 g/mol. The molecular weight excluding hydrogens is 498 g/mol. The number of nitrogens with zero attached hydrogens (tertiary/aromatic N) is 1. The lowest BCUT2D eigenvalue weighted by atomic mass is 10.1. The van der Waals surface area contributed by atoms with Gasteiger partial charge in [0.15, 0.2) is 6.61 Å². The number of para-hydroxylation sites is 1. The number of hydrogen-bond donors (Lipinski definition) is 2. The second-order valence-corrected chi connectivity index (χ2v) is 11.0. The van der Waals surface area contributed by atoms with Gasteiger partial charge in [-0.15, -0.1) is 0 Å². The molecule has 0 aromatic heterocycles. The van der Waals surface area contributed by atoms with Crippen LogP contribution in [0.4, 0.5) is 5.69 Å². The minimum absolute atomic E-state index is 0.125. The van der Waals surface area contributed by atoms with Crippen LogP contribution >= 0.6 is 0 Å². The zero-order chi connectivity index (χ0) is 26.5. The standard InChI is InChI=1S/C30H29N3O4S/c1-22(24-12-6-3-7-13-24)31-29(34)21-37-26-18-16-25(17-19-26)30-32-27-14-8-9-15-28(27)38(35,36)33(30)20-23-10-4-2-5-11-23/h2-19,22,30,32H,20-21H2,1H3,(H,31,34)/t22-,30+/m0/s1. The lowest BCUT2D eigenvalue weighted by Crippen LogP contribution is -2.42. The van der Waals surface area contributed by atoms with Gasteiger partial charge in [-0.25, -0.2) is 8.42 Å². The fourth-order valence-electron chi connectivity index (χ4n) is 4.49. The van der Waals surface area contributed by atoms with E-state index >= 15 is 0 Å². The third kappa shape index (κ3) is 5.56. The molecule has 7 nitrogen and oxygen atoms in total. The van der Waals surface area contributed by atoms with Crippen LogP contribution in [0.25, 0.3) is 0 Å². The van der Waals surface area contributed by atoms with Gasteiger partial charge in [0.05, 0.1) is 11.7 Å². The number of fused-ring (bicyclic) bond motifs is 1. The van der Waals surface area contributed by atoms with Crippen molar-refractivity contribution in [1.82, 2.24) is 9.62 Å². The number of carbonyl (C=O) groups excluding carboxylic acids is 1. The van der Waals surface area contributed by atoms with Gasteiger partial charge < -0.3 is 15.4 Å². The van der Waals surface area contributed by atoms with Crippen LogP contribution in [0.2, 0.25) is 0 Å². The van der Waals surface area contributed by atoms with Gasteiger partial charge in [0, 0.05) is 6.54 Å². The van der Waals surface area contributed by atoms with Crippen molar-refractivity contribution in [1.29, 1.82) is 0 Å². The minimum Gasteiger partial charge on any atom is -0.484 e. The number of amides is 1. The van der Waals surface area contributed by atoms with E-state index in [0.29, 0.717) is 11.4 Å². The largest absolute Gasteiger partial charge is 0.484 e. The third-order valence-electron chi connectivity index (χ3n) is 6.48. The molecule has 4 aromatic carbocycles. The van der Waals surface area contributed by atoms with E-state index < -0.39 is 16.2 Å². The third-order valence-corrected chi connectivity index (χ3v) is 8.35. The Morgan fingerprint density at radius 3 is 2.24 bits per heavy atom.